The van der Waals surface area contributed by atoms with Crippen molar-refractivity contribution in [2.24, 2.45) is 0 Å². The Bertz CT molecular complexity index is 643. The zero-order valence-corrected chi connectivity index (χ0v) is 12.9. The second-order valence-corrected chi connectivity index (χ2v) is 5.63. The van der Waals surface area contributed by atoms with Gasteiger partial charge >= 0.3 is 0 Å². The number of rotatable bonds is 3. The van der Waals surface area contributed by atoms with Crippen molar-refractivity contribution in [2.45, 2.75) is 13.0 Å². The van der Waals surface area contributed by atoms with Gasteiger partial charge in [0.05, 0.1) is 16.1 Å². The Kier molecular flexibility index (Phi) is 4.92. The third-order valence-corrected chi connectivity index (χ3v) is 3.85. The number of carbonyl (C=O) groups is 1. The molecule has 0 spiro atoms. The second kappa shape index (κ2) is 6.49. The molecule has 1 atom stereocenters. The molecule has 2 nitrogen and oxygen atoms in total. The first kappa shape index (κ1) is 15.2. The molecular weight excluding hydrogens is 317 g/mol. The number of amides is 1. The Labute approximate surface area is 132 Å². The molecule has 2 aromatic carbocycles. The molecule has 20 heavy (non-hydrogen) atoms. The maximum atomic E-state index is 12.1. The summed E-state index contributed by atoms with van der Waals surface area (Å²) in [6.45, 7) is 1.89. The minimum Gasteiger partial charge on any atom is -0.346 e. The fourth-order valence-electron chi connectivity index (χ4n) is 1.78. The average molecular weight is 329 g/mol. The van der Waals surface area contributed by atoms with E-state index in [4.69, 9.17) is 34.8 Å². The van der Waals surface area contributed by atoms with Crippen molar-refractivity contribution < 1.29 is 4.79 Å². The summed E-state index contributed by atoms with van der Waals surface area (Å²) in [5, 5.41) is 4.30. The Morgan fingerprint density at radius 1 is 1.05 bits per heavy atom. The first-order chi connectivity index (χ1) is 9.47. The summed E-state index contributed by atoms with van der Waals surface area (Å²) in [7, 11) is 0. The van der Waals surface area contributed by atoms with Crippen LogP contribution in [0.15, 0.2) is 42.5 Å². The molecule has 104 valence electrons. The van der Waals surface area contributed by atoms with Crippen LogP contribution in [-0.2, 0) is 0 Å². The molecule has 0 heterocycles. The number of carbonyl (C=O) groups excluding carboxylic acids is 1. The van der Waals surface area contributed by atoms with Gasteiger partial charge in [-0.05, 0) is 42.8 Å². The third-order valence-electron chi connectivity index (χ3n) is 2.88. The lowest BCUT2D eigenvalue weighted by Crippen LogP contribution is -2.26. The van der Waals surface area contributed by atoms with E-state index in [-0.39, 0.29) is 11.9 Å². The monoisotopic (exact) mass is 327 g/mol. The van der Waals surface area contributed by atoms with Crippen molar-refractivity contribution in [1.82, 2.24) is 5.32 Å². The molecule has 0 aliphatic carbocycles. The Morgan fingerprint density at radius 2 is 1.80 bits per heavy atom. The number of hydrogen-bond donors (Lipinski definition) is 1. The Morgan fingerprint density at radius 3 is 2.45 bits per heavy atom. The molecule has 1 N–H and O–H groups in total. The molecule has 0 saturated heterocycles. The van der Waals surface area contributed by atoms with Crippen LogP contribution in [0.2, 0.25) is 15.1 Å². The summed E-state index contributed by atoms with van der Waals surface area (Å²) in [6, 6.07) is 12.0. The van der Waals surface area contributed by atoms with Gasteiger partial charge in [0.2, 0.25) is 0 Å². The number of benzene rings is 2. The smallest absolute Gasteiger partial charge is 0.251 e. The molecule has 0 aromatic heterocycles. The van der Waals surface area contributed by atoms with Crippen LogP contribution in [0.5, 0.6) is 0 Å². The number of hydrogen-bond acceptors (Lipinski definition) is 1. The van der Waals surface area contributed by atoms with E-state index in [1.54, 1.807) is 24.3 Å². The molecule has 0 aliphatic heterocycles. The van der Waals surface area contributed by atoms with Crippen LogP contribution in [0.1, 0.15) is 28.9 Å². The van der Waals surface area contributed by atoms with E-state index in [1.165, 1.54) is 0 Å². The molecule has 0 bridgehead atoms. The van der Waals surface area contributed by atoms with E-state index in [2.05, 4.69) is 5.32 Å². The molecule has 5 heteroatoms. The highest BCUT2D eigenvalue weighted by Crippen LogP contribution is 2.23. The largest absolute Gasteiger partial charge is 0.346 e. The van der Waals surface area contributed by atoms with Gasteiger partial charge in [-0.25, -0.2) is 0 Å². The topological polar surface area (TPSA) is 29.1 Å². The highest BCUT2D eigenvalue weighted by Gasteiger charge is 2.12. The van der Waals surface area contributed by atoms with Crippen molar-refractivity contribution in [1.29, 1.82) is 0 Å². The van der Waals surface area contributed by atoms with E-state index < -0.39 is 0 Å². The predicted octanol–water partition coefficient (Wildman–Crippen LogP) is 5.14. The molecule has 2 rings (SSSR count). The van der Waals surface area contributed by atoms with Crippen LogP contribution in [0.4, 0.5) is 0 Å². The predicted molar refractivity (Wildman–Crippen MR) is 83.8 cm³/mol. The highest BCUT2D eigenvalue weighted by molar-refractivity contribution is 6.42. The van der Waals surface area contributed by atoms with E-state index in [0.717, 1.165) is 5.56 Å². The summed E-state index contributed by atoms with van der Waals surface area (Å²) < 4.78 is 0. The summed E-state index contributed by atoms with van der Waals surface area (Å²) in [5.41, 5.74) is 1.40. The Hall–Kier alpha value is -1.22. The fourth-order valence-corrected chi connectivity index (χ4v) is 2.27. The SMILES string of the molecule is C[C@@H](NC(=O)c1ccc(Cl)c(Cl)c1)c1cccc(Cl)c1. The van der Waals surface area contributed by atoms with Crippen LogP contribution in [0.25, 0.3) is 0 Å². The highest BCUT2D eigenvalue weighted by atomic mass is 35.5. The maximum absolute atomic E-state index is 12.1. The summed E-state index contributed by atoms with van der Waals surface area (Å²) in [5.74, 6) is -0.212. The zero-order valence-electron chi connectivity index (χ0n) is 10.7. The quantitative estimate of drug-likeness (QED) is 0.830. The van der Waals surface area contributed by atoms with Gasteiger partial charge in [0.1, 0.15) is 0 Å². The van der Waals surface area contributed by atoms with Crippen molar-refractivity contribution >= 4 is 40.7 Å². The number of nitrogens with one attached hydrogen (secondary N) is 1. The molecular formula is C15H12Cl3NO. The Balaban J connectivity index is 2.13. The molecule has 0 saturated carbocycles. The fraction of sp³-hybridized carbons (Fsp3) is 0.133. The van der Waals surface area contributed by atoms with Crippen molar-refractivity contribution in [2.75, 3.05) is 0 Å². The van der Waals surface area contributed by atoms with Gasteiger partial charge in [-0.15, -0.1) is 0 Å². The van der Waals surface area contributed by atoms with E-state index in [0.29, 0.717) is 20.6 Å². The minimum absolute atomic E-state index is 0.157. The maximum Gasteiger partial charge on any atom is 0.251 e. The second-order valence-electron chi connectivity index (χ2n) is 4.38. The van der Waals surface area contributed by atoms with Crippen molar-refractivity contribution in [3.63, 3.8) is 0 Å². The third kappa shape index (κ3) is 3.66. The lowest BCUT2D eigenvalue weighted by molar-refractivity contribution is 0.0940. The van der Waals surface area contributed by atoms with Gasteiger partial charge < -0.3 is 5.32 Å². The van der Waals surface area contributed by atoms with Gasteiger partial charge in [-0.2, -0.15) is 0 Å². The number of halogens is 3. The van der Waals surface area contributed by atoms with Gasteiger partial charge in [-0.1, -0.05) is 46.9 Å². The zero-order chi connectivity index (χ0) is 14.7. The molecule has 0 radical (unpaired) electrons. The molecule has 0 aliphatic rings. The van der Waals surface area contributed by atoms with Crippen LogP contribution in [0.3, 0.4) is 0 Å². The molecule has 1 amide bonds. The molecule has 0 fully saturated rings. The van der Waals surface area contributed by atoms with Crippen LogP contribution < -0.4 is 5.32 Å². The first-order valence-electron chi connectivity index (χ1n) is 5.99. The normalized spacial score (nSPS) is 12.0. The van der Waals surface area contributed by atoms with Crippen molar-refractivity contribution in [3.8, 4) is 0 Å². The summed E-state index contributed by atoms with van der Waals surface area (Å²) >= 11 is 17.7. The average Bonchev–Trinajstić information content (AvgIpc) is 2.41. The van der Waals surface area contributed by atoms with Gasteiger partial charge in [0.25, 0.3) is 5.91 Å². The van der Waals surface area contributed by atoms with Gasteiger partial charge in [0, 0.05) is 10.6 Å². The van der Waals surface area contributed by atoms with Gasteiger partial charge in [0.15, 0.2) is 0 Å². The van der Waals surface area contributed by atoms with Crippen LogP contribution >= 0.6 is 34.8 Å². The van der Waals surface area contributed by atoms with E-state index >= 15 is 0 Å². The van der Waals surface area contributed by atoms with E-state index in [1.807, 2.05) is 25.1 Å². The minimum atomic E-state index is -0.212. The lowest BCUT2D eigenvalue weighted by Gasteiger charge is -2.15. The van der Waals surface area contributed by atoms with Crippen LogP contribution in [0, 0.1) is 0 Å². The lowest BCUT2D eigenvalue weighted by atomic mass is 10.1. The van der Waals surface area contributed by atoms with E-state index in [9.17, 15) is 4.79 Å². The molecule has 2 aromatic rings. The standard InChI is InChI=1S/C15H12Cl3NO/c1-9(10-3-2-4-12(16)7-10)19-15(20)11-5-6-13(17)14(18)8-11/h2-9H,1H3,(H,19,20)/t9-/m1/s1. The van der Waals surface area contributed by atoms with Crippen molar-refractivity contribution in [3.05, 3.63) is 68.7 Å². The summed E-state index contributed by atoms with van der Waals surface area (Å²) in [4.78, 5) is 12.1. The van der Waals surface area contributed by atoms with Crippen LogP contribution in [-0.4, -0.2) is 5.91 Å². The first-order valence-corrected chi connectivity index (χ1v) is 7.12. The van der Waals surface area contributed by atoms with Gasteiger partial charge in [-0.3, -0.25) is 4.79 Å². The molecule has 0 unspecified atom stereocenters. The summed E-state index contributed by atoms with van der Waals surface area (Å²) in [6.07, 6.45) is 0.